The molecule has 0 atom stereocenters. The van der Waals surface area contributed by atoms with Crippen LogP contribution in [0.5, 0.6) is 5.75 Å². The van der Waals surface area contributed by atoms with E-state index in [1.807, 2.05) is 42.7 Å². The summed E-state index contributed by atoms with van der Waals surface area (Å²) in [5.41, 5.74) is 4.66. The standard InChI is InChI=1S/C24H24N2O3S/c1-4-26-13-16(11-15-9-10-21(30-3)20(12-15)29-2)23-18(14-26)22(24(27)28)17-7-5-6-8-19(17)25-23/h5-12H,4,13-14H2,1-3H3,(H,27,28). The highest BCUT2D eigenvalue weighted by atomic mass is 32.2. The topological polar surface area (TPSA) is 62.7 Å². The van der Waals surface area contributed by atoms with Crippen LogP contribution in [0, 0.1) is 0 Å². The molecule has 1 aliphatic heterocycles. The molecule has 3 aromatic rings. The zero-order valence-electron chi connectivity index (χ0n) is 17.3. The summed E-state index contributed by atoms with van der Waals surface area (Å²) in [6.45, 7) is 4.23. The maximum Gasteiger partial charge on any atom is 0.336 e. The lowest BCUT2D eigenvalue weighted by molar-refractivity contribution is 0.0696. The maximum atomic E-state index is 12.2. The van der Waals surface area contributed by atoms with E-state index >= 15 is 0 Å². The summed E-state index contributed by atoms with van der Waals surface area (Å²) in [4.78, 5) is 20.4. The van der Waals surface area contributed by atoms with E-state index in [-0.39, 0.29) is 0 Å². The van der Waals surface area contributed by atoms with Gasteiger partial charge in [-0.3, -0.25) is 4.90 Å². The summed E-state index contributed by atoms with van der Waals surface area (Å²) in [6.07, 6.45) is 4.12. The van der Waals surface area contributed by atoms with Gasteiger partial charge in [0.25, 0.3) is 0 Å². The van der Waals surface area contributed by atoms with Crippen molar-refractivity contribution >= 4 is 40.3 Å². The summed E-state index contributed by atoms with van der Waals surface area (Å²) < 4.78 is 5.53. The molecule has 0 saturated carbocycles. The third-order valence-electron chi connectivity index (χ3n) is 5.48. The van der Waals surface area contributed by atoms with Gasteiger partial charge in [-0.25, -0.2) is 9.78 Å². The van der Waals surface area contributed by atoms with E-state index in [4.69, 9.17) is 9.72 Å². The molecule has 0 aliphatic carbocycles. The molecule has 1 aromatic heterocycles. The summed E-state index contributed by atoms with van der Waals surface area (Å²) in [5.74, 6) is -0.0777. The van der Waals surface area contributed by atoms with E-state index in [2.05, 4.69) is 24.0 Å². The number of hydrogen-bond acceptors (Lipinski definition) is 5. The Balaban J connectivity index is 1.93. The van der Waals surface area contributed by atoms with Gasteiger partial charge in [0.2, 0.25) is 0 Å². The largest absolute Gasteiger partial charge is 0.496 e. The van der Waals surface area contributed by atoms with Crippen molar-refractivity contribution in [2.75, 3.05) is 26.5 Å². The molecule has 6 heteroatoms. The van der Waals surface area contributed by atoms with E-state index in [9.17, 15) is 9.90 Å². The molecule has 1 aliphatic rings. The molecule has 5 nitrogen and oxygen atoms in total. The van der Waals surface area contributed by atoms with Gasteiger partial charge in [0.15, 0.2) is 0 Å². The van der Waals surface area contributed by atoms with Gasteiger partial charge in [-0.15, -0.1) is 11.8 Å². The molecule has 0 saturated heterocycles. The van der Waals surface area contributed by atoms with Crippen LogP contribution in [0.4, 0.5) is 0 Å². The molecule has 4 rings (SSSR count). The van der Waals surface area contributed by atoms with Crippen LogP contribution >= 0.6 is 11.8 Å². The summed E-state index contributed by atoms with van der Waals surface area (Å²) in [5, 5.41) is 10.7. The van der Waals surface area contributed by atoms with E-state index in [0.29, 0.717) is 23.0 Å². The number of fused-ring (bicyclic) bond motifs is 2. The van der Waals surface area contributed by atoms with Crippen LogP contribution in [-0.4, -0.2) is 47.4 Å². The van der Waals surface area contributed by atoms with Crippen LogP contribution in [0.25, 0.3) is 22.6 Å². The molecule has 1 N–H and O–H groups in total. The minimum Gasteiger partial charge on any atom is -0.496 e. The normalized spacial score (nSPS) is 15.4. The lowest BCUT2D eigenvalue weighted by Gasteiger charge is -2.30. The minimum atomic E-state index is -0.909. The van der Waals surface area contributed by atoms with E-state index in [0.717, 1.165) is 46.1 Å². The maximum absolute atomic E-state index is 12.2. The van der Waals surface area contributed by atoms with Crippen molar-refractivity contribution in [3.05, 3.63) is 64.8 Å². The van der Waals surface area contributed by atoms with Crippen molar-refractivity contribution in [3.8, 4) is 5.75 Å². The van der Waals surface area contributed by atoms with Crippen molar-refractivity contribution in [1.29, 1.82) is 0 Å². The van der Waals surface area contributed by atoms with Gasteiger partial charge >= 0.3 is 5.97 Å². The molecule has 0 spiro atoms. The van der Waals surface area contributed by atoms with Gasteiger partial charge in [0.1, 0.15) is 5.75 Å². The lowest BCUT2D eigenvalue weighted by Crippen LogP contribution is -2.31. The SMILES string of the molecule is CCN1CC(=Cc2ccc(SC)c(OC)c2)c2nc3ccccc3c(C(=O)O)c2C1. The molecule has 30 heavy (non-hydrogen) atoms. The lowest BCUT2D eigenvalue weighted by atomic mass is 9.92. The van der Waals surface area contributed by atoms with Crippen LogP contribution < -0.4 is 4.74 Å². The van der Waals surface area contributed by atoms with Crippen LogP contribution in [0.3, 0.4) is 0 Å². The summed E-state index contributed by atoms with van der Waals surface area (Å²) in [6, 6.07) is 13.6. The first-order valence-corrected chi connectivity index (χ1v) is 11.1. The number of methoxy groups -OCH3 is 1. The number of para-hydroxylation sites is 1. The van der Waals surface area contributed by atoms with Crippen molar-refractivity contribution in [2.45, 2.75) is 18.4 Å². The molecule has 0 fully saturated rings. The highest BCUT2D eigenvalue weighted by Crippen LogP contribution is 2.35. The molecule has 0 radical (unpaired) electrons. The second-order valence-corrected chi connectivity index (χ2v) is 8.07. The molecule has 0 bridgehead atoms. The summed E-state index contributed by atoms with van der Waals surface area (Å²) in [7, 11) is 1.67. The zero-order valence-corrected chi connectivity index (χ0v) is 18.1. The number of carboxylic acids is 1. The van der Waals surface area contributed by atoms with Crippen LogP contribution in [-0.2, 0) is 6.54 Å². The Morgan fingerprint density at radius 2 is 2.07 bits per heavy atom. The Bertz CT molecular complexity index is 1160. The molecule has 2 aromatic carbocycles. The highest BCUT2D eigenvalue weighted by molar-refractivity contribution is 7.98. The number of rotatable bonds is 5. The molecular weight excluding hydrogens is 396 g/mol. The number of ether oxygens (including phenoxy) is 1. The average molecular weight is 421 g/mol. The number of hydrogen-bond donors (Lipinski definition) is 1. The van der Waals surface area contributed by atoms with Crippen molar-refractivity contribution in [1.82, 2.24) is 9.88 Å². The van der Waals surface area contributed by atoms with Gasteiger partial charge in [-0.2, -0.15) is 0 Å². The molecular formula is C24H24N2O3S. The van der Waals surface area contributed by atoms with Crippen molar-refractivity contribution in [3.63, 3.8) is 0 Å². The first-order chi connectivity index (χ1) is 14.5. The van der Waals surface area contributed by atoms with Crippen LogP contribution in [0.2, 0.25) is 0 Å². The van der Waals surface area contributed by atoms with Gasteiger partial charge in [0, 0.05) is 28.9 Å². The molecule has 154 valence electrons. The third-order valence-corrected chi connectivity index (χ3v) is 6.26. The second-order valence-electron chi connectivity index (χ2n) is 7.22. The zero-order chi connectivity index (χ0) is 21.3. The first kappa shape index (κ1) is 20.4. The Morgan fingerprint density at radius 1 is 1.27 bits per heavy atom. The minimum absolute atomic E-state index is 0.356. The van der Waals surface area contributed by atoms with Crippen LogP contribution in [0.15, 0.2) is 47.4 Å². The monoisotopic (exact) mass is 420 g/mol. The predicted molar refractivity (Wildman–Crippen MR) is 122 cm³/mol. The number of aromatic carboxylic acids is 1. The van der Waals surface area contributed by atoms with Gasteiger partial charge in [0.05, 0.1) is 23.9 Å². The Morgan fingerprint density at radius 3 is 2.77 bits per heavy atom. The number of thioether (sulfide) groups is 1. The van der Waals surface area contributed by atoms with Gasteiger partial charge < -0.3 is 9.84 Å². The number of carbonyl (C=O) groups is 1. The number of pyridine rings is 1. The highest BCUT2D eigenvalue weighted by Gasteiger charge is 2.27. The van der Waals surface area contributed by atoms with Crippen LogP contribution in [0.1, 0.15) is 34.1 Å². The van der Waals surface area contributed by atoms with Crippen molar-refractivity contribution in [2.24, 2.45) is 0 Å². The fraction of sp³-hybridized carbons (Fsp3) is 0.250. The first-order valence-electron chi connectivity index (χ1n) is 9.86. The smallest absolute Gasteiger partial charge is 0.336 e. The van der Waals surface area contributed by atoms with E-state index in [1.54, 1.807) is 18.9 Å². The molecule has 0 unspecified atom stereocenters. The molecule has 2 heterocycles. The fourth-order valence-corrected chi connectivity index (χ4v) is 4.54. The second kappa shape index (κ2) is 8.50. The summed E-state index contributed by atoms with van der Waals surface area (Å²) >= 11 is 1.64. The Hall–Kier alpha value is -2.83. The third kappa shape index (κ3) is 3.68. The Labute approximate surface area is 180 Å². The van der Waals surface area contributed by atoms with Gasteiger partial charge in [-0.1, -0.05) is 31.2 Å². The number of benzene rings is 2. The number of carboxylic acid groups (broad SMARTS) is 1. The number of nitrogens with zero attached hydrogens (tertiary/aromatic N) is 2. The van der Waals surface area contributed by atoms with E-state index in [1.165, 1.54) is 0 Å². The predicted octanol–water partition coefficient (Wildman–Crippen LogP) is 5.04. The van der Waals surface area contributed by atoms with Gasteiger partial charge in [-0.05, 0) is 48.2 Å². The average Bonchev–Trinajstić information content (AvgIpc) is 2.77. The van der Waals surface area contributed by atoms with E-state index < -0.39 is 5.97 Å². The Kier molecular flexibility index (Phi) is 5.79. The fourth-order valence-electron chi connectivity index (χ4n) is 3.99. The quantitative estimate of drug-likeness (QED) is 0.584. The van der Waals surface area contributed by atoms with Crippen molar-refractivity contribution < 1.29 is 14.6 Å². The molecule has 0 amide bonds. The number of aromatic nitrogens is 1. The number of likely N-dealkylation sites (N-methyl/N-ethyl adjacent to an activating group) is 1.